The van der Waals surface area contributed by atoms with Crippen molar-refractivity contribution in [2.75, 3.05) is 40.8 Å². The van der Waals surface area contributed by atoms with Gasteiger partial charge in [0, 0.05) is 36.5 Å². The van der Waals surface area contributed by atoms with Crippen LogP contribution in [0.25, 0.3) is 32.8 Å². The van der Waals surface area contributed by atoms with Gasteiger partial charge in [-0.3, -0.25) is 9.59 Å². The number of aromatic hydroxyl groups is 1. The maximum absolute atomic E-state index is 13.2. The first-order chi connectivity index (χ1) is 16.3. The molecule has 1 heterocycles. The molecular formula is C25H27N5O4. The minimum Gasteiger partial charge on any atom is -0.506 e. The van der Waals surface area contributed by atoms with Crippen molar-refractivity contribution in [3.8, 4) is 11.5 Å². The highest BCUT2D eigenvalue weighted by atomic mass is 16.5. The predicted molar refractivity (Wildman–Crippen MR) is 132 cm³/mol. The Balaban J connectivity index is 1.99. The van der Waals surface area contributed by atoms with Crippen LogP contribution in [0.15, 0.2) is 36.4 Å². The number of nitrogens with one attached hydrogen (secondary N) is 2. The van der Waals surface area contributed by atoms with Gasteiger partial charge in [0.2, 0.25) is 0 Å². The fraction of sp³-hybridized carbons (Fsp3) is 0.280. The number of hydrogen-bond acceptors (Lipinski definition) is 7. The van der Waals surface area contributed by atoms with Crippen LogP contribution in [0.2, 0.25) is 0 Å². The molecule has 176 valence electrons. The number of carbonyl (C=O) groups excluding carboxylic acids is 2. The molecule has 0 saturated heterocycles. The second-order valence-corrected chi connectivity index (χ2v) is 8.15. The molecule has 0 aliphatic rings. The minimum absolute atomic E-state index is 0.0530. The second kappa shape index (κ2) is 9.48. The monoisotopic (exact) mass is 461 g/mol. The summed E-state index contributed by atoms with van der Waals surface area (Å²) in [7, 11) is 5.31. The first-order valence-electron chi connectivity index (χ1n) is 11.0. The van der Waals surface area contributed by atoms with Crippen molar-refractivity contribution in [2.24, 2.45) is 0 Å². The van der Waals surface area contributed by atoms with E-state index < -0.39 is 5.91 Å². The minimum atomic E-state index is -0.443. The first kappa shape index (κ1) is 23.2. The van der Waals surface area contributed by atoms with Crippen molar-refractivity contribution >= 4 is 44.7 Å². The van der Waals surface area contributed by atoms with E-state index in [0.717, 1.165) is 0 Å². The fourth-order valence-corrected chi connectivity index (χ4v) is 3.89. The number of phenolic OH excluding ortho intramolecular Hbond substituents is 1. The van der Waals surface area contributed by atoms with Crippen molar-refractivity contribution in [1.82, 2.24) is 25.5 Å². The third kappa shape index (κ3) is 4.17. The zero-order valence-corrected chi connectivity index (χ0v) is 19.6. The van der Waals surface area contributed by atoms with E-state index in [1.807, 2.05) is 38.1 Å². The van der Waals surface area contributed by atoms with Crippen LogP contribution >= 0.6 is 0 Å². The van der Waals surface area contributed by atoms with Crippen LogP contribution in [0.4, 0.5) is 0 Å². The van der Waals surface area contributed by atoms with Gasteiger partial charge in [-0.1, -0.05) is 24.3 Å². The molecule has 0 radical (unpaired) electrons. The maximum atomic E-state index is 13.2. The highest BCUT2D eigenvalue weighted by Gasteiger charge is 2.23. The summed E-state index contributed by atoms with van der Waals surface area (Å²) in [6, 6.07) is 10.4. The van der Waals surface area contributed by atoms with Gasteiger partial charge in [0.25, 0.3) is 11.8 Å². The van der Waals surface area contributed by atoms with Gasteiger partial charge in [0.05, 0.1) is 29.2 Å². The molecule has 0 atom stereocenters. The highest BCUT2D eigenvalue weighted by Crippen LogP contribution is 2.37. The Morgan fingerprint density at radius 1 is 1.00 bits per heavy atom. The van der Waals surface area contributed by atoms with Crippen LogP contribution in [0.1, 0.15) is 27.6 Å². The summed E-state index contributed by atoms with van der Waals surface area (Å²) in [5, 5.41) is 17.9. The number of nitrogens with zero attached hydrogens (tertiary/aromatic N) is 3. The first-order valence-corrected chi connectivity index (χ1v) is 11.0. The summed E-state index contributed by atoms with van der Waals surface area (Å²) in [6.45, 7) is 3.33. The van der Waals surface area contributed by atoms with Crippen LogP contribution in [-0.2, 0) is 0 Å². The molecule has 4 aromatic rings. The SMILES string of the molecule is CCNC(=O)c1cc2nc3c(C(=O)NCCN(C)C)c(O)c4ccccc4c3nc2cc1OC. The molecule has 0 aliphatic heterocycles. The molecule has 0 unspecified atom stereocenters. The zero-order valence-electron chi connectivity index (χ0n) is 19.6. The molecule has 0 fully saturated rings. The maximum Gasteiger partial charge on any atom is 0.257 e. The number of carbonyl (C=O) groups is 2. The van der Waals surface area contributed by atoms with E-state index in [4.69, 9.17) is 14.7 Å². The molecule has 3 aromatic carbocycles. The lowest BCUT2D eigenvalue weighted by atomic mass is 10.0. The molecule has 9 nitrogen and oxygen atoms in total. The van der Waals surface area contributed by atoms with E-state index in [-0.39, 0.29) is 22.7 Å². The molecule has 0 bridgehead atoms. The lowest BCUT2D eigenvalue weighted by Crippen LogP contribution is -2.31. The van der Waals surface area contributed by atoms with Gasteiger partial charge in [-0.25, -0.2) is 9.97 Å². The quantitative estimate of drug-likeness (QED) is 0.286. The Morgan fingerprint density at radius 3 is 2.35 bits per heavy atom. The normalized spacial score (nSPS) is 11.3. The van der Waals surface area contributed by atoms with Gasteiger partial charge in [0.1, 0.15) is 22.6 Å². The van der Waals surface area contributed by atoms with Gasteiger partial charge in [-0.2, -0.15) is 0 Å². The van der Waals surface area contributed by atoms with Crippen LogP contribution in [0.3, 0.4) is 0 Å². The predicted octanol–water partition coefficient (Wildman–Crippen LogP) is 2.69. The van der Waals surface area contributed by atoms with Gasteiger partial charge < -0.3 is 25.4 Å². The Kier molecular flexibility index (Phi) is 6.47. The summed E-state index contributed by atoms with van der Waals surface area (Å²) in [6.07, 6.45) is 0. The summed E-state index contributed by atoms with van der Waals surface area (Å²) in [5.41, 5.74) is 2.02. The van der Waals surface area contributed by atoms with Crippen molar-refractivity contribution in [3.05, 3.63) is 47.5 Å². The number of hydrogen-bond donors (Lipinski definition) is 3. The topological polar surface area (TPSA) is 117 Å². The largest absolute Gasteiger partial charge is 0.506 e. The summed E-state index contributed by atoms with van der Waals surface area (Å²) >= 11 is 0. The lowest BCUT2D eigenvalue weighted by Gasteiger charge is -2.15. The number of phenols is 1. The van der Waals surface area contributed by atoms with Crippen molar-refractivity contribution in [2.45, 2.75) is 6.92 Å². The van der Waals surface area contributed by atoms with Crippen LogP contribution in [-0.4, -0.2) is 72.6 Å². The Bertz CT molecular complexity index is 1420. The summed E-state index contributed by atoms with van der Waals surface area (Å²) in [5.74, 6) is -0.527. The average Bonchev–Trinajstić information content (AvgIpc) is 2.82. The number of likely N-dealkylation sites (N-methyl/N-ethyl adjacent to an activating group) is 1. The number of amides is 2. The average molecular weight is 462 g/mol. The molecule has 1 aromatic heterocycles. The number of fused-ring (bicyclic) bond motifs is 4. The molecule has 0 spiro atoms. The molecule has 0 aliphatic carbocycles. The molecule has 0 saturated carbocycles. The third-order valence-electron chi connectivity index (χ3n) is 5.55. The Hall–Kier alpha value is -3.98. The van der Waals surface area contributed by atoms with E-state index in [0.29, 0.717) is 58.3 Å². The number of rotatable bonds is 7. The smallest absolute Gasteiger partial charge is 0.257 e. The molecular weight excluding hydrogens is 434 g/mol. The molecule has 34 heavy (non-hydrogen) atoms. The van der Waals surface area contributed by atoms with Crippen molar-refractivity contribution in [3.63, 3.8) is 0 Å². The Morgan fingerprint density at radius 2 is 1.68 bits per heavy atom. The summed E-state index contributed by atoms with van der Waals surface area (Å²) < 4.78 is 5.43. The number of ether oxygens (including phenoxy) is 1. The molecule has 4 rings (SSSR count). The zero-order chi connectivity index (χ0) is 24.4. The molecule has 3 N–H and O–H groups in total. The lowest BCUT2D eigenvalue weighted by molar-refractivity contribution is 0.0942. The summed E-state index contributed by atoms with van der Waals surface area (Å²) in [4.78, 5) is 37.2. The van der Waals surface area contributed by atoms with E-state index in [2.05, 4.69) is 10.6 Å². The van der Waals surface area contributed by atoms with Gasteiger partial charge in [-0.15, -0.1) is 0 Å². The van der Waals surface area contributed by atoms with Crippen LogP contribution in [0, 0.1) is 0 Å². The van der Waals surface area contributed by atoms with Crippen LogP contribution in [0.5, 0.6) is 11.5 Å². The van der Waals surface area contributed by atoms with Crippen LogP contribution < -0.4 is 15.4 Å². The van der Waals surface area contributed by atoms with Gasteiger partial charge >= 0.3 is 0 Å². The second-order valence-electron chi connectivity index (χ2n) is 8.15. The van der Waals surface area contributed by atoms with Crippen molar-refractivity contribution < 1.29 is 19.4 Å². The molecule has 2 amide bonds. The number of aromatic nitrogens is 2. The van der Waals surface area contributed by atoms with E-state index in [9.17, 15) is 14.7 Å². The number of methoxy groups -OCH3 is 1. The van der Waals surface area contributed by atoms with E-state index in [1.165, 1.54) is 7.11 Å². The molecule has 9 heteroatoms. The third-order valence-corrected chi connectivity index (χ3v) is 5.55. The standard InChI is InChI=1S/C25H27N5O4/c1-5-26-24(32)16-12-17-18(13-19(16)34-4)28-21-14-8-6-7-9-15(14)23(31)20(22(21)29-17)25(33)27-10-11-30(2)3/h6-9,12-13,31H,5,10-11H2,1-4H3,(H,26,32)(H,27,33). The van der Waals surface area contributed by atoms with E-state index in [1.54, 1.807) is 24.3 Å². The highest BCUT2D eigenvalue weighted by molar-refractivity contribution is 6.19. The number of benzene rings is 3. The van der Waals surface area contributed by atoms with Gasteiger partial charge in [-0.05, 0) is 27.1 Å². The Labute approximate surface area is 196 Å². The van der Waals surface area contributed by atoms with E-state index >= 15 is 0 Å². The fourth-order valence-electron chi connectivity index (χ4n) is 3.89. The van der Waals surface area contributed by atoms with Crippen molar-refractivity contribution in [1.29, 1.82) is 0 Å². The van der Waals surface area contributed by atoms with Gasteiger partial charge in [0.15, 0.2) is 0 Å².